The molecule has 5 heteroatoms. The fourth-order valence-electron chi connectivity index (χ4n) is 0.440. The largest absolute Gasteiger partial charge is 0.389 e. The number of aromatic nitrogens is 1. The third-order valence-electron chi connectivity index (χ3n) is 0.828. The van der Waals surface area contributed by atoms with Gasteiger partial charge in [-0.15, -0.1) is 11.3 Å². The van der Waals surface area contributed by atoms with E-state index in [1.165, 1.54) is 16.8 Å². The van der Waals surface area contributed by atoms with Gasteiger partial charge in [0.1, 0.15) is 5.00 Å². The van der Waals surface area contributed by atoms with Crippen molar-refractivity contribution in [2.75, 3.05) is 5.73 Å². The minimum atomic E-state index is -0.575. The molecule has 0 aliphatic carbocycles. The fraction of sp³-hybridized carbons (Fsp3) is 0. The maximum atomic E-state index is 10.4. The second-order valence-corrected chi connectivity index (χ2v) is 2.32. The summed E-state index contributed by atoms with van der Waals surface area (Å²) in [6.45, 7) is 0. The number of rotatable bonds is 1. The van der Waals surface area contributed by atoms with E-state index in [4.69, 9.17) is 11.5 Å². The summed E-state index contributed by atoms with van der Waals surface area (Å²) < 4.78 is 0. The number of nitrogens with two attached hydrogens (primary N) is 2. The van der Waals surface area contributed by atoms with Crippen molar-refractivity contribution in [2.24, 2.45) is 5.73 Å². The molecule has 48 valence electrons. The standard InChI is InChI=1S/C4H5N3OS/c5-3(8)2-4(6)9-1-7-2/h1H,6H2,(H2,5,8). The Bertz CT molecular complexity index is 231. The van der Waals surface area contributed by atoms with Gasteiger partial charge in [0.25, 0.3) is 5.91 Å². The summed E-state index contributed by atoms with van der Waals surface area (Å²) in [5.41, 5.74) is 11.8. The zero-order valence-corrected chi connectivity index (χ0v) is 5.31. The van der Waals surface area contributed by atoms with Gasteiger partial charge < -0.3 is 11.5 Å². The average molecular weight is 143 g/mol. The number of anilines is 1. The molecule has 0 bridgehead atoms. The molecular weight excluding hydrogens is 138 g/mol. The van der Waals surface area contributed by atoms with Crippen molar-refractivity contribution in [3.8, 4) is 0 Å². The number of hydrogen-bond donors (Lipinski definition) is 2. The second-order valence-electron chi connectivity index (χ2n) is 1.43. The molecule has 9 heavy (non-hydrogen) atoms. The van der Waals surface area contributed by atoms with Crippen molar-refractivity contribution in [3.05, 3.63) is 11.2 Å². The van der Waals surface area contributed by atoms with E-state index in [9.17, 15) is 4.79 Å². The van der Waals surface area contributed by atoms with Crippen molar-refractivity contribution in [1.29, 1.82) is 0 Å². The number of nitrogens with zero attached hydrogens (tertiary/aromatic N) is 1. The van der Waals surface area contributed by atoms with Gasteiger partial charge in [-0.2, -0.15) is 0 Å². The molecule has 0 radical (unpaired) electrons. The lowest BCUT2D eigenvalue weighted by atomic mass is 10.4. The van der Waals surface area contributed by atoms with E-state index in [2.05, 4.69) is 4.98 Å². The lowest BCUT2D eigenvalue weighted by Crippen LogP contribution is -2.12. The van der Waals surface area contributed by atoms with E-state index >= 15 is 0 Å². The number of carbonyl (C=O) groups is 1. The van der Waals surface area contributed by atoms with Crippen molar-refractivity contribution < 1.29 is 4.79 Å². The zero-order chi connectivity index (χ0) is 6.85. The van der Waals surface area contributed by atoms with E-state index in [-0.39, 0.29) is 5.69 Å². The molecule has 0 aromatic carbocycles. The van der Waals surface area contributed by atoms with Crippen LogP contribution in [0.1, 0.15) is 10.5 Å². The number of amides is 1. The summed E-state index contributed by atoms with van der Waals surface area (Å²) in [5.74, 6) is -0.575. The van der Waals surface area contributed by atoms with Crippen molar-refractivity contribution in [2.45, 2.75) is 0 Å². The topological polar surface area (TPSA) is 82.0 Å². The highest BCUT2D eigenvalue weighted by molar-refractivity contribution is 7.14. The third kappa shape index (κ3) is 0.996. The maximum absolute atomic E-state index is 10.4. The summed E-state index contributed by atoms with van der Waals surface area (Å²) in [6, 6.07) is 0. The summed E-state index contributed by atoms with van der Waals surface area (Å²) in [7, 11) is 0. The van der Waals surface area contributed by atoms with Gasteiger partial charge in [-0.1, -0.05) is 0 Å². The number of carbonyl (C=O) groups excluding carboxylic acids is 1. The molecule has 0 spiro atoms. The molecule has 0 aliphatic rings. The molecule has 4 N–H and O–H groups in total. The fourth-order valence-corrected chi connectivity index (χ4v) is 0.977. The Hall–Kier alpha value is -1.10. The third-order valence-corrected chi connectivity index (χ3v) is 1.49. The predicted octanol–water partition coefficient (Wildman–Crippen LogP) is -0.176. The molecule has 0 fully saturated rings. The molecule has 0 atom stereocenters. The van der Waals surface area contributed by atoms with Gasteiger partial charge in [-0.25, -0.2) is 4.98 Å². The molecule has 1 heterocycles. The van der Waals surface area contributed by atoms with Crippen molar-refractivity contribution >= 4 is 22.2 Å². The molecular formula is C4H5N3OS. The van der Waals surface area contributed by atoms with E-state index in [0.29, 0.717) is 5.00 Å². The Balaban J connectivity index is 3.08. The lowest BCUT2D eigenvalue weighted by Gasteiger charge is -1.86. The van der Waals surface area contributed by atoms with Crippen LogP contribution < -0.4 is 11.5 Å². The minimum Gasteiger partial charge on any atom is -0.389 e. The maximum Gasteiger partial charge on any atom is 0.270 e. The zero-order valence-electron chi connectivity index (χ0n) is 4.50. The molecule has 4 nitrogen and oxygen atoms in total. The Morgan fingerprint density at radius 3 is 2.67 bits per heavy atom. The van der Waals surface area contributed by atoms with Crippen LogP contribution >= 0.6 is 11.3 Å². The number of hydrogen-bond acceptors (Lipinski definition) is 4. The highest BCUT2D eigenvalue weighted by atomic mass is 32.1. The van der Waals surface area contributed by atoms with Crippen LogP contribution in [0.15, 0.2) is 5.51 Å². The lowest BCUT2D eigenvalue weighted by molar-refractivity contribution is 0.0997. The van der Waals surface area contributed by atoms with Crippen molar-refractivity contribution in [1.82, 2.24) is 4.98 Å². The van der Waals surface area contributed by atoms with Gasteiger partial charge in [-0.3, -0.25) is 4.79 Å². The Morgan fingerprint density at radius 1 is 1.78 bits per heavy atom. The van der Waals surface area contributed by atoms with E-state index in [1.54, 1.807) is 0 Å². The summed E-state index contributed by atoms with van der Waals surface area (Å²) in [6.07, 6.45) is 0. The van der Waals surface area contributed by atoms with Gasteiger partial charge in [0.05, 0.1) is 5.51 Å². The smallest absolute Gasteiger partial charge is 0.270 e. The molecule has 1 aromatic rings. The van der Waals surface area contributed by atoms with Crippen LogP contribution in [0.5, 0.6) is 0 Å². The summed E-state index contributed by atoms with van der Waals surface area (Å²) in [4.78, 5) is 14.0. The summed E-state index contributed by atoms with van der Waals surface area (Å²) in [5, 5.41) is 0.377. The van der Waals surface area contributed by atoms with Crippen LogP contribution in [-0.2, 0) is 0 Å². The van der Waals surface area contributed by atoms with Crippen LogP contribution in [0.4, 0.5) is 5.00 Å². The molecule has 1 rings (SSSR count). The Morgan fingerprint density at radius 2 is 2.44 bits per heavy atom. The molecule has 0 aliphatic heterocycles. The number of thiazole rings is 1. The van der Waals surface area contributed by atoms with Crippen LogP contribution in [0.3, 0.4) is 0 Å². The first-order valence-corrected chi connectivity index (χ1v) is 3.08. The SMILES string of the molecule is NC(=O)c1ncsc1N. The van der Waals surface area contributed by atoms with Crippen LogP contribution in [0.2, 0.25) is 0 Å². The van der Waals surface area contributed by atoms with E-state index in [0.717, 1.165) is 0 Å². The molecule has 1 aromatic heterocycles. The van der Waals surface area contributed by atoms with Gasteiger partial charge in [0.15, 0.2) is 5.69 Å². The minimum absolute atomic E-state index is 0.167. The summed E-state index contributed by atoms with van der Waals surface area (Å²) >= 11 is 1.20. The normalized spacial score (nSPS) is 9.33. The number of primary amides is 1. The molecule has 0 saturated carbocycles. The van der Waals surface area contributed by atoms with Gasteiger partial charge in [0.2, 0.25) is 0 Å². The Kier molecular flexibility index (Phi) is 1.35. The van der Waals surface area contributed by atoms with Crippen molar-refractivity contribution in [3.63, 3.8) is 0 Å². The van der Waals surface area contributed by atoms with E-state index in [1.807, 2.05) is 0 Å². The Labute approximate surface area is 55.5 Å². The van der Waals surface area contributed by atoms with Gasteiger partial charge >= 0.3 is 0 Å². The van der Waals surface area contributed by atoms with Gasteiger partial charge in [-0.05, 0) is 0 Å². The average Bonchev–Trinajstić information content (AvgIpc) is 2.13. The molecule has 1 amide bonds. The number of nitrogen functional groups attached to an aromatic ring is 1. The predicted molar refractivity (Wildman–Crippen MR) is 35.0 cm³/mol. The highest BCUT2D eigenvalue weighted by Gasteiger charge is 2.06. The van der Waals surface area contributed by atoms with E-state index < -0.39 is 5.91 Å². The first-order valence-electron chi connectivity index (χ1n) is 2.20. The molecule has 0 unspecified atom stereocenters. The first kappa shape index (κ1) is 6.03. The van der Waals surface area contributed by atoms with Crippen LogP contribution in [0, 0.1) is 0 Å². The van der Waals surface area contributed by atoms with Crippen LogP contribution in [-0.4, -0.2) is 10.9 Å². The van der Waals surface area contributed by atoms with Gasteiger partial charge in [0, 0.05) is 0 Å². The first-order chi connectivity index (χ1) is 4.22. The second kappa shape index (κ2) is 2.02. The quantitative estimate of drug-likeness (QED) is 0.572. The highest BCUT2D eigenvalue weighted by Crippen LogP contribution is 2.13. The monoisotopic (exact) mass is 143 g/mol. The van der Waals surface area contributed by atoms with Crippen LogP contribution in [0.25, 0.3) is 0 Å². The molecule has 0 saturated heterocycles.